The number of nitrogens with one attached hydrogen (secondary N) is 2. The Hall–Kier alpha value is -1.16. The minimum absolute atomic E-state index is 0.0640. The lowest BCUT2D eigenvalue weighted by molar-refractivity contribution is -0.127. The zero-order chi connectivity index (χ0) is 17.0. The van der Waals surface area contributed by atoms with E-state index in [1.165, 1.54) is 18.0 Å². The molecule has 9 heteroatoms. The fraction of sp³-hybridized carbons (Fsp3) is 0.429. The zero-order valence-electron chi connectivity index (χ0n) is 12.9. The summed E-state index contributed by atoms with van der Waals surface area (Å²) in [6.07, 6.45) is 2.70. The molecule has 0 aromatic heterocycles. The Balaban J connectivity index is 2.15. The van der Waals surface area contributed by atoms with Crippen LogP contribution in [0, 0.1) is 0 Å². The molecule has 1 atom stereocenters. The number of amides is 1. The van der Waals surface area contributed by atoms with E-state index in [0.717, 1.165) is 5.75 Å². The molecule has 1 aliphatic heterocycles. The molecular formula is C14H19N3O3S3. The van der Waals surface area contributed by atoms with Gasteiger partial charge in [-0.05, 0) is 55.4 Å². The van der Waals surface area contributed by atoms with Gasteiger partial charge in [0, 0.05) is 0 Å². The summed E-state index contributed by atoms with van der Waals surface area (Å²) in [6, 6.07) is 6.21. The molecule has 6 nitrogen and oxygen atoms in total. The summed E-state index contributed by atoms with van der Waals surface area (Å²) in [5, 5.41) is 3.42. The van der Waals surface area contributed by atoms with Gasteiger partial charge in [0.25, 0.3) is 5.91 Å². The molecule has 1 heterocycles. The molecule has 1 aliphatic rings. The lowest BCUT2D eigenvalue weighted by atomic mass is 10.2. The van der Waals surface area contributed by atoms with E-state index in [2.05, 4.69) is 10.0 Å². The standard InChI is InChI=1S/C14H19N3O3S3/c1-15-23(19,20)11-5-3-4-10(8-11)9-17-13(18)12(6-7-22-2)16-14(17)21/h3-5,8,12,15H,6-7,9H2,1-2H3,(H,16,21). The normalized spacial score (nSPS) is 18.3. The molecule has 0 aliphatic carbocycles. The molecule has 1 aromatic carbocycles. The third kappa shape index (κ3) is 4.23. The van der Waals surface area contributed by atoms with Gasteiger partial charge in [-0.15, -0.1) is 0 Å². The number of carbonyl (C=O) groups excluding carboxylic acids is 1. The van der Waals surface area contributed by atoms with Crippen LogP contribution in [0.15, 0.2) is 29.2 Å². The molecular weight excluding hydrogens is 354 g/mol. The lowest BCUT2D eigenvalue weighted by Crippen LogP contribution is -2.31. The number of rotatable bonds is 7. The van der Waals surface area contributed by atoms with Crippen LogP contribution in [0.25, 0.3) is 0 Å². The van der Waals surface area contributed by atoms with Crippen molar-refractivity contribution in [1.29, 1.82) is 0 Å². The molecule has 1 aromatic rings. The molecule has 2 rings (SSSR count). The van der Waals surface area contributed by atoms with Gasteiger partial charge in [-0.1, -0.05) is 12.1 Å². The highest BCUT2D eigenvalue weighted by molar-refractivity contribution is 7.98. The molecule has 0 radical (unpaired) electrons. The zero-order valence-corrected chi connectivity index (χ0v) is 15.4. The largest absolute Gasteiger partial charge is 0.350 e. The van der Waals surface area contributed by atoms with Crippen molar-refractivity contribution < 1.29 is 13.2 Å². The summed E-state index contributed by atoms with van der Waals surface area (Å²) in [6.45, 7) is 0.257. The fourth-order valence-electron chi connectivity index (χ4n) is 2.27. The maximum absolute atomic E-state index is 12.4. The number of thioether (sulfide) groups is 1. The van der Waals surface area contributed by atoms with Crippen molar-refractivity contribution in [1.82, 2.24) is 14.9 Å². The third-order valence-corrected chi connectivity index (χ3v) is 5.93. The van der Waals surface area contributed by atoms with E-state index >= 15 is 0 Å². The molecule has 23 heavy (non-hydrogen) atoms. The van der Waals surface area contributed by atoms with E-state index in [1.807, 2.05) is 6.26 Å². The molecule has 126 valence electrons. The van der Waals surface area contributed by atoms with Gasteiger partial charge in [0.05, 0.1) is 11.4 Å². The molecule has 0 saturated carbocycles. The summed E-state index contributed by atoms with van der Waals surface area (Å²) in [4.78, 5) is 14.1. The van der Waals surface area contributed by atoms with Crippen molar-refractivity contribution in [2.75, 3.05) is 19.1 Å². The predicted molar refractivity (Wildman–Crippen MR) is 95.8 cm³/mol. The monoisotopic (exact) mass is 373 g/mol. The number of hydrogen-bond acceptors (Lipinski definition) is 5. The van der Waals surface area contributed by atoms with Crippen LogP contribution in [0.3, 0.4) is 0 Å². The highest BCUT2D eigenvalue weighted by atomic mass is 32.2. The van der Waals surface area contributed by atoms with E-state index < -0.39 is 10.0 Å². The van der Waals surface area contributed by atoms with Gasteiger partial charge in [0.1, 0.15) is 6.04 Å². The molecule has 1 fully saturated rings. The highest BCUT2D eigenvalue weighted by Crippen LogP contribution is 2.17. The Morgan fingerprint density at radius 3 is 2.83 bits per heavy atom. The van der Waals surface area contributed by atoms with E-state index in [-0.39, 0.29) is 23.4 Å². The molecule has 2 N–H and O–H groups in total. The Labute approximate surface area is 146 Å². The van der Waals surface area contributed by atoms with Crippen molar-refractivity contribution >= 4 is 45.0 Å². The average Bonchev–Trinajstić information content (AvgIpc) is 2.80. The Morgan fingerprint density at radius 2 is 2.17 bits per heavy atom. The van der Waals surface area contributed by atoms with Crippen LogP contribution >= 0.6 is 24.0 Å². The second-order valence-corrected chi connectivity index (χ2v) is 8.32. The van der Waals surface area contributed by atoms with Gasteiger partial charge >= 0.3 is 0 Å². The van der Waals surface area contributed by atoms with Crippen LogP contribution in [0.2, 0.25) is 0 Å². The average molecular weight is 374 g/mol. The Bertz CT molecular complexity index is 706. The van der Waals surface area contributed by atoms with Gasteiger partial charge < -0.3 is 5.32 Å². The maximum atomic E-state index is 12.4. The second-order valence-electron chi connectivity index (χ2n) is 5.06. The first-order valence-corrected chi connectivity index (χ1v) is 10.3. The van der Waals surface area contributed by atoms with Gasteiger partial charge in [-0.25, -0.2) is 13.1 Å². The quantitative estimate of drug-likeness (QED) is 0.693. The lowest BCUT2D eigenvalue weighted by Gasteiger charge is -2.15. The second kappa shape index (κ2) is 7.61. The molecule has 1 saturated heterocycles. The van der Waals surface area contributed by atoms with Crippen molar-refractivity contribution in [2.24, 2.45) is 0 Å². The summed E-state index contributed by atoms with van der Waals surface area (Å²) >= 11 is 6.91. The summed E-state index contributed by atoms with van der Waals surface area (Å²) in [5.41, 5.74) is 0.712. The topological polar surface area (TPSA) is 78.5 Å². The third-order valence-electron chi connectivity index (χ3n) is 3.54. The molecule has 0 spiro atoms. The number of carbonyl (C=O) groups is 1. The first kappa shape index (κ1) is 18.2. The number of thiocarbonyl (C=S) groups is 1. The molecule has 0 bridgehead atoms. The van der Waals surface area contributed by atoms with Crippen LogP contribution in [0.5, 0.6) is 0 Å². The van der Waals surface area contributed by atoms with Crippen LogP contribution in [0.1, 0.15) is 12.0 Å². The number of benzene rings is 1. The van der Waals surface area contributed by atoms with Crippen molar-refractivity contribution in [3.05, 3.63) is 29.8 Å². The van der Waals surface area contributed by atoms with Gasteiger partial charge in [-0.3, -0.25) is 9.69 Å². The fourth-order valence-corrected chi connectivity index (χ4v) is 3.84. The minimum Gasteiger partial charge on any atom is -0.350 e. The first-order chi connectivity index (χ1) is 10.9. The van der Waals surface area contributed by atoms with Crippen LogP contribution < -0.4 is 10.0 Å². The molecule has 1 unspecified atom stereocenters. The minimum atomic E-state index is -3.51. The number of sulfonamides is 1. The highest BCUT2D eigenvalue weighted by Gasteiger charge is 2.34. The maximum Gasteiger partial charge on any atom is 0.251 e. The van der Waals surface area contributed by atoms with E-state index in [1.54, 1.807) is 30.0 Å². The Morgan fingerprint density at radius 1 is 1.43 bits per heavy atom. The van der Waals surface area contributed by atoms with Crippen molar-refractivity contribution in [3.8, 4) is 0 Å². The van der Waals surface area contributed by atoms with Gasteiger partial charge in [0.2, 0.25) is 10.0 Å². The first-order valence-electron chi connectivity index (χ1n) is 7.02. The Kier molecular flexibility index (Phi) is 6.01. The van der Waals surface area contributed by atoms with Crippen molar-refractivity contribution in [2.45, 2.75) is 23.9 Å². The summed E-state index contributed by atoms with van der Waals surface area (Å²) in [5.74, 6) is 0.807. The SMILES string of the molecule is CNS(=O)(=O)c1cccc(CN2C(=O)C(CCSC)NC2=S)c1. The number of hydrogen-bond donors (Lipinski definition) is 2. The molecule has 1 amide bonds. The summed E-state index contributed by atoms with van der Waals surface area (Å²) < 4.78 is 26.0. The number of nitrogens with zero attached hydrogens (tertiary/aromatic N) is 1. The van der Waals surface area contributed by atoms with Crippen LogP contribution in [-0.4, -0.2) is 49.4 Å². The van der Waals surface area contributed by atoms with Crippen LogP contribution in [0.4, 0.5) is 0 Å². The van der Waals surface area contributed by atoms with Crippen LogP contribution in [-0.2, 0) is 21.4 Å². The predicted octanol–water partition coefficient (Wildman–Crippen LogP) is 0.933. The van der Waals surface area contributed by atoms with E-state index in [0.29, 0.717) is 17.1 Å². The van der Waals surface area contributed by atoms with Gasteiger partial charge in [-0.2, -0.15) is 11.8 Å². The van der Waals surface area contributed by atoms with E-state index in [9.17, 15) is 13.2 Å². The van der Waals surface area contributed by atoms with Crippen molar-refractivity contribution in [3.63, 3.8) is 0 Å². The van der Waals surface area contributed by atoms with E-state index in [4.69, 9.17) is 12.2 Å². The smallest absolute Gasteiger partial charge is 0.251 e. The van der Waals surface area contributed by atoms with Gasteiger partial charge in [0.15, 0.2) is 5.11 Å². The summed E-state index contributed by atoms with van der Waals surface area (Å²) in [7, 11) is -2.15.